The molecule has 2 aromatic rings. The molecular weight excluding hydrogens is 274 g/mol. The van der Waals surface area contributed by atoms with Gasteiger partial charge < -0.3 is 4.74 Å². The van der Waals surface area contributed by atoms with Crippen LogP contribution in [-0.4, -0.2) is 17.4 Å². The maximum absolute atomic E-state index is 10.8. The number of hydrogen-bond acceptors (Lipinski definition) is 3. The fourth-order valence-electron chi connectivity index (χ4n) is 3.39. The van der Waals surface area contributed by atoms with E-state index in [9.17, 15) is 4.79 Å². The highest BCUT2D eigenvalue weighted by Crippen LogP contribution is 2.32. The molecule has 3 rings (SSSR count). The largest absolute Gasteiger partial charge is 0.490 e. The number of rotatable bonds is 4. The van der Waals surface area contributed by atoms with Crippen molar-refractivity contribution in [3.63, 3.8) is 0 Å². The van der Waals surface area contributed by atoms with E-state index in [4.69, 9.17) is 4.74 Å². The third-order valence-electron chi connectivity index (χ3n) is 4.93. The van der Waals surface area contributed by atoms with Crippen LogP contribution in [0.1, 0.15) is 55.1 Å². The van der Waals surface area contributed by atoms with Gasteiger partial charge >= 0.3 is 0 Å². The lowest BCUT2D eigenvalue weighted by molar-refractivity contribution is 0.111. The van der Waals surface area contributed by atoms with Crippen molar-refractivity contribution >= 4 is 17.1 Å². The fourth-order valence-corrected chi connectivity index (χ4v) is 3.39. The normalized spacial score (nSPS) is 21.7. The second kappa shape index (κ2) is 6.47. The Labute approximate surface area is 131 Å². The van der Waals surface area contributed by atoms with Gasteiger partial charge in [-0.2, -0.15) is 0 Å². The Balaban J connectivity index is 1.80. The molecule has 1 heterocycles. The Hall–Kier alpha value is -1.90. The first-order chi connectivity index (χ1) is 10.7. The molecule has 1 saturated carbocycles. The second-order valence-corrected chi connectivity index (χ2v) is 6.31. The molecule has 3 nitrogen and oxygen atoms in total. The average Bonchev–Trinajstić information content (AvgIpc) is 2.57. The van der Waals surface area contributed by atoms with Gasteiger partial charge in [0.1, 0.15) is 11.4 Å². The van der Waals surface area contributed by atoms with Gasteiger partial charge in [0.05, 0.1) is 6.10 Å². The first-order valence-electron chi connectivity index (χ1n) is 8.22. The van der Waals surface area contributed by atoms with E-state index in [0.29, 0.717) is 11.8 Å². The third-order valence-corrected chi connectivity index (χ3v) is 4.93. The smallest absolute Gasteiger partial charge is 0.168 e. The monoisotopic (exact) mass is 297 g/mol. The van der Waals surface area contributed by atoms with E-state index in [1.54, 1.807) is 6.20 Å². The maximum atomic E-state index is 10.8. The van der Waals surface area contributed by atoms with Gasteiger partial charge in [-0.15, -0.1) is 0 Å². The Morgan fingerprint density at radius 1 is 1.27 bits per heavy atom. The number of fused-ring (bicyclic) bond motifs is 1. The van der Waals surface area contributed by atoms with Gasteiger partial charge in [0.2, 0.25) is 0 Å². The predicted molar refractivity (Wildman–Crippen MR) is 88.5 cm³/mol. The van der Waals surface area contributed by atoms with Crippen LogP contribution in [0, 0.1) is 12.8 Å². The molecular formula is C19H23NO2. The average molecular weight is 297 g/mol. The summed E-state index contributed by atoms with van der Waals surface area (Å²) in [6.07, 6.45) is 9.03. The van der Waals surface area contributed by atoms with E-state index in [1.807, 2.05) is 18.2 Å². The highest BCUT2D eigenvalue weighted by atomic mass is 16.5. The van der Waals surface area contributed by atoms with E-state index in [2.05, 4.69) is 18.8 Å². The topological polar surface area (TPSA) is 39.2 Å². The van der Waals surface area contributed by atoms with Crippen molar-refractivity contribution in [1.82, 2.24) is 4.98 Å². The van der Waals surface area contributed by atoms with E-state index >= 15 is 0 Å². The molecule has 0 bridgehead atoms. The van der Waals surface area contributed by atoms with Crippen LogP contribution in [0.15, 0.2) is 24.4 Å². The van der Waals surface area contributed by atoms with Gasteiger partial charge in [0.25, 0.3) is 0 Å². The summed E-state index contributed by atoms with van der Waals surface area (Å²) < 4.78 is 6.25. The van der Waals surface area contributed by atoms with Crippen LogP contribution >= 0.6 is 0 Å². The van der Waals surface area contributed by atoms with Crippen molar-refractivity contribution < 1.29 is 9.53 Å². The first kappa shape index (κ1) is 15.0. The fraction of sp³-hybridized carbons (Fsp3) is 0.474. The molecule has 3 heteroatoms. The number of nitrogens with zero attached hydrogens (tertiary/aromatic N) is 1. The minimum atomic E-state index is 0.334. The maximum Gasteiger partial charge on any atom is 0.168 e. The van der Waals surface area contributed by atoms with Crippen LogP contribution < -0.4 is 4.74 Å². The summed E-state index contributed by atoms with van der Waals surface area (Å²) in [5, 5.41) is 2.10. The number of benzene rings is 1. The lowest BCUT2D eigenvalue weighted by atomic mass is 9.86. The molecule has 0 radical (unpaired) electrons. The minimum absolute atomic E-state index is 0.334. The summed E-state index contributed by atoms with van der Waals surface area (Å²) in [4.78, 5) is 15.0. The van der Waals surface area contributed by atoms with Crippen LogP contribution in [0.4, 0.5) is 0 Å². The molecule has 1 fully saturated rings. The van der Waals surface area contributed by atoms with Crippen molar-refractivity contribution in [2.75, 3.05) is 0 Å². The summed E-state index contributed by atoms with van der Waals surface area (Å²) >= 11 is 0. The quantitative estimate of drug-likeness (QED) is 0.768. The summed E-state index contributed by atoms with van der Waals surface area (Å²) in [5.74, 6) is 1.83. The molecule has 1 aliphatic rings. The molecule has 0 saturated heterocycles. The Morgan fingerprint density at radius 3 is 2.73 bits per heavy atom. The lowest BCUT2D eigenvalue weighted by Gasteiger charge is -2.29. The zero-order chi connectivity index (χ0) is 15.5. The van der Waals surface area contributed by atoms with Gasteiger partial charge in [0, 0.05) is 17.1 Å². The van der Waals surface area contributed by atoms with Gasteiger partial charge in [-0.25, -0.2) is 0 Å². The van der Waals surface area contributed by atoms with E-state index in [1.165, 1.54) is 19.3 Å². The number of aromatic nitrogens is 1. The van der Waals surface area contributed by atoms with Crippen molar-refractivity contribution in [2.24, 2.45) is 5.92 Å². The highest BCUT2D eigenvalue weighted by molar-refractivity contribution is 5.90. The molecule has 0 spiro atoms. The molecule has 22 heavy (non-hydrogen) atoms. The Bertz CT molecular complexity index is 672. The standard InChI is InChI=1S/C19H23NO2/c1-3-14-4-7-17(8-5-14)22-19-9-6-15-10-16(12-21)20-11-18(15)13(19)2/h6,9-12,14,17H,3-5,7-8H2,1-2H3. The van der Waals surface area contributed by atoms with Crippen molar-refractivity contribution in [2.45, 2.75) is 52.1 Å². The molecule has 0 N–H and O–H groups in total. The Morgan fingerprint density at radius 2 is 2.05 bits per heavy atom. The van der Waals surface area contributed by atoms with Crippen LogP contribution in [0.3, 0.4) is 0 Å². The first-order valence-corrected chi connectivity index (χ1v) is 8.22. The number of pyridine rings is 1. The molecule has 1 aromatic carbocycles. The number of carbonyl (C=O) groups is 1. The number of hydrogen-bond donors (Lipinski definition) is 0. The van der Waals surface area contributed by atoms with Crippen molar-refractivity contribution in [3.8, 4) is 5.75 Å². The molecule has 0 unspecified atom stereocenters. The lowest BCUT2D eigenvalue weighted by Crippen LogP contribution is -2.24. The summed E-state index contributed by atoms with van der Waals surface area (Å²) in [6, 6.07) is 5.87. The van der Waals surface area contributed by atoms with Crippen molar-refractivity contribution in [1.29, 1.82) is 0 Å². The molecule has 1 aliphatic carbocycles. The number of carbonyl (C=O) groups excluding carboxylic acids is 1. The van der Waals surface area contributed by atoms with Gasteiger partial charge in [-0.3, -0.25) is 9.78 Å². The predicted octanol–water partition coefficient (Wildman–Crippen LogP) is 4.70. The van der Waals surface area contributed by atoms with Crippen LogP contribution in [0.25, 0.3) is 10.8 Å². The number of aryl methyl sites for hydroxylation is 1. The zero-order valence-corrected chi connectivity index (χ0v) is 13.3. The summed E-state index contributed by atoms with van der Waals surface area (Å²) in [7, 11) is 0. The molecule has 0 atom stereocenters. The van der Waals surface area contributed by atoms with Crippen LogP contribution in [0.5, 0.6) is 5.75 Å². The molecule has 116 valence electrons. The highest BCUT2D eigenvalue weighted by Gasteiger charge is 2.21. The van der Waals surface area contributed by atoms with Gasteiger partial charge in [-0.05, 0) is 56.0 Å². The van der Waals surface area contributed by atoms with Crippen molar-refractivity contribution in [3.05, 3.63) is 35.7 Å². The molecule has 0 amide bonds. The summed E-state index contributed by atoms with van der Waals surface area (Å²) in [6.45, 7) is 4.34. The summed E-state index contributed by atoms with van der Waals surface area (Å²) in [5.41, 5.74) is 1.58. The van der Waals surface area contributed by atoms with Gasteiger partial charge in [0.15, 0.2) is 6.29 Å². The second-order valence-electron chi connectivity index (χ2n) is 6.31. The minimum Gasteiger partial charge on any atom is -0.490 e. The zero-order valence-electron chi connectivity index (χ0n) is 13.3. The SMILES string of the molecule is CCC1CCC(Oc2ccc3cc(C=O)ncc3c2C)CC1. The van der Waals surface area contributed by atoms with E-state index in [0.717, 1.165) is 47.1 Å². The molecule has 0 aliphatic heterocycles. The van der Waals surface area contributed by atoms with E-state index in [-0.39, 0.29) is 0 Å². The molecule has 1 aromatic heterocycles. The van der Waals surface area contributed by atoms with Gasteiger partial charge in [-0.1, -0.05) is 19.4 Å². The van der Waals surface area contributed by atoms with E-state index < -0.39 is 0 Å². The van der Waals surface area contributed by atoms with Crippen LogP contribution in [-0.2, 0) is 0 Å². The number of ether oxygens (including phenoxy) is 1. The van der Waals surface area contributed by atoms with Crippen LogP contribution in [0.2, 0.25) is 0 Å². The third kappa shape index (κ3) is 2.99. The number of aldehydes is 1. The Kier molecular flexibility index (Phi) is 4.41.